The molecular weight excluding hydrogens is 412 g/mol. The van der Waals surface area contributed by atoms with E-state index in [4.69, 9.17) is 27.2 Å². The summed E-state index contributed by atoms with van der Waals surface area (Å²) in [6.07, 6.45) is 3.67. The highest BCUT2D eigenvalue weighted by Crippen LogP contribution is 2.37. The first kappa shape index (κ1) is 19.8. The monoisotopic (exact) mass is 434 g/mol. The van der Waals surface area contributed by atoms with E-state index in [-0.39, 0.29) is 6.04 Å². The lowest BCUT2D eigenvalue weighted by Crippen LogP contribution is -2.34. The van der Waals surface area contributed by atoms with Crippen LogP contribution in [0, 0.1) is 0 Å². The van der Waals surface area contributed by atoms with Gasteiger partial charge in [0, 0.05) is 12.1 Å². The molecule has 1 saturated heterocycles. The van der Waals surface area contributed by atoms with Gasteiger partial charge in [0.1, 0.15) is 29.3 Å². The van der Waals surface area contributed by atoms with Crippen molar-refractivity contribution in [3.8, 4) is 22.8 Å². The first-order chi connectivity index (χ1) is 15.1. The van der Waals surface area contributed by atoms with Gasteiger partial charge in [-0.25, -0.2) is 14.6 Å². The SMILES string of the molecule is CN1CCCC(n2nc(-c3ccc(Oc4ccccc4)c(Cl)c3)c3c(N)ncnc32)C1. The summed E-state index contributed by atoms with van der Waals surface area (Å²) < 4.78 is 7.91. The zero-order valence-corrected chi connectivity index (χ0v) is 18.0. The largest absolute Gasteiger partial charge is 0.456 e. The molecule has 2 N–H and O–H groups in total. The van der Waals surface area contributed by atoms with E-state index in [9.17, 15) is 0 Å². The maximum Gasteiger partial charge on any atom is 0.164 e. The van der Waals surface area contributed by atoms with E-state index >= 15 is 0 Å². The van der Waals surface area contributed by atoms with Crippen molar-refractivity contribution in [2.45, 2.75) is 18.9 Å². The summed E-state index contributed by atoms with van der Waals surface area (Å²) in [5.41, 5.74) is 8.59. The number of rotatable bonds is 4. The van der Waals surface area contributed by atoms with E-state index in [1.54, 1.807) is 0 Å². The highest BCUT2D eigenvalue weighted by Gasteiger charge is 2.25. The van der Waals surface area contributed by atoms with Crippen LogP contribution in [0.3, 0.4) is 0 Å². The first-order valence-electron chi connectivity index (χ1n) is 10.3. The number of fused-ring (bicyclic) bond motifs is 1. The predicted molar refractivity (Wildman–Crippen MR) is 122 cm³/mol. The highest BCUT2D eigenvalue weighted by molar-refractivity contribution is 6.32. The number of nitrogens with zero attached hydrogens (tertiary/aromatic N) is 5. The Hall–Kier alpha value is -3.16. The van der Waals surface area contributed by atoms with Crippen LogP contribution in [-0.4, -0.2) is 44.8 Å². The summed E-state index contributed by atoms with van der Waals surface area (Å²) in [7, 11) is 2.13. The first-order valence-corrected chi connectivity index (χ1v) is 10.7. The number of anilines is 1. The topological polar surface area (TPSA) is 82.1 Å². The summed E-state index contributed by atoms with van der Waals surface area (Å²) >= 11 is 6.57. The zero-order chi connectivity index (χ0) is 21.4. The molecule has 0 radical (unpaired) electrons. The zero-order valence-electron chi connectivity index (χ0n) is 17.2. The maximum atomic E-state index is 6.57. The van der Waals surface area contributed by atoms with Crippen LogP contribution >= 0.6 is 11.6 Å². The van der Waals surface area contributed by atoms with Gasteiger partial charge in [0.15, 0.2) is 5.65 Å². The van der Waals surface area contributed by atoms with Crippen molar-refractivity contribution in [2.75, 3.05) is 25.9 Å². The smallest absolute Gasteiger partial charge is 0.164 e. The van der Waals surface area contributed by atoms with Crippen molar-refractivity contribution in [3.05, 3.63) is 59.9 Å². The Morgan fingerprint density at radius 2 is 1.97 bits per heavy atom. The van der Waals surface area contributed by atoms with Crippen LogP contribution in [-0.2, 0) is 0 Å². The third-order valence-electron chi connectivity index (χ3n) is 5.64. The van der Waals surface area contributed by atoms with Crippen LogP contribution in [0.1, 0.15) is 18.9 Å². The normalized spacial score (nSPS) is 17.2. The van der Waals surface area contributed by atoms with Crippen molar-refractivity contribution in [1.82, 2.24) is 24.6 Å². The molecule has 1 aliphatic heterocycles. The minimum absolute atomic E-state index is 0.237. The second-order valence-corrected chi connectivity index (χ2v) is 8.28. The quantitative estimate of drug-likeness (QED) is 0.497. The van der Waals surface area contributed by atoms with E-state index in [1.165, 1.54) is 6.33 Å². The molecule has 1 aliphatic rings. The van der Waals surface area contributed by atoms with Gasteiger partial charge < -0.3 is 15.4 Å². The number of nitrogens with two attached hydrogens (primary N) is 1. The molecule has 2 aromatic heterocycles. The molecule has 0 amide bonds. The van der Waals surface area contributed by atoms with Crippen LogP contribution in [0.5, 0.6) is 11.5 Å². The number of aromatic nitrogens is 4. The number of piperidine rings is 1. The summed E-state index contributed by atoms with van der Waals surface area (Å²) in [5, 5.41) is 6.19. The number of halogens is 1. The average molecular weight is 435 g/mol. The van der Waals surface area contributed by atoms with Crippen molar-refractivity contribution < 1.29 is 4.74 Å². The van der Waals surface area contributed by atoms with E-state index in [2.05, 4.69) is 21.9 Å². The summed E-state index contributed by atoms with van der Waals surface area (Å²) in [4.78, 5) is 11.0. The molecule has 0 spiro atoms. The van der Waals surface area contributed by atoms with Crippen LogP contribution in [0.2, 0.25) is 5.02 Å². The molecule has 8 heteroatoms. The van der Waals surface area contributed by atoms with Crippen LogP contribution in [0.15, 0.2) is 54.9 Å². The van der Waals surface area contributed by atoms with Gasteiger partial charge in [-0.2, -0.15) is 5.10 Å². The third kappa shape index (κ3) is 3.82. The summed E-state index contributed by atoms with van der Waals surface area (Å²) in [6.45, 7) is 2.02. The van der Waals surface area contributed by atoms with E-state index in [0.717, 1.165) is 54.0 Å². The average Bonchev–Trinajstić information content (AvgIpc) is 3.17. The minimum Gasteiger partial charge on any atom is -0.456 e. The molecule has 4 aromatic rings. The van der Waals surface area contributed by atoms with Crippen LogP contribution in [0.4, 0.5) is 5.82 Å². The number of likely N-dealkylation sites (N-methyl/N-ethyl adjacent to an activating group) is 1. The number of hydrogen-bond acceptors (Lipinski definition) is 6. The van der Waals surface area contributed by atoms with Crippen LogP contribution in [0.25, 0.3) is 22.3 Å². The number of nitrogen functional groups attached to an aromatic ring is 1. The molecule has 5 rings (SSSR count). The Morgan fingerprint density at radius 3 is 2.74 bits per heavy atom. The van der Waals surface area contributed by atoms with Gasteiger partial charge in [-0.05, 0) is 56.8 Å². The van der Waals surface area contributed by atoms with E-state index in [1.807, 2.05) is 53.2 Å². The predicted octanol–water partition coefficient (Wildman–Crippen LogP) is 4.79. The molecule has 0 saturated carbocycles. The fraction of sp³-hybridized carbons (Fsp3) is 0.261. The molecule has 7 nitrogen and oxygen atoms in total. The number of hydrogen-bond donors (Lipinski definition) is 1. The highest BCUT2D eigenvalue weighted by atomic mass is 35.5. The van der Waals surface area contributed by atoms with E-state index in [0.29, 0.717) is 16.6 Å². The summed E-state index contributed by atoms with van der Waals surface area (Å²) in [6, 6.07) is 15.4. The lowest BCUT2D eigenvalue weighted by molar-refractivity contribution is 0.205. The van der Waals surface area contributed by atoms with Gasteiger partial charge in [0.25, 0.3) is 0 Å². The van der Waals surface area contributed by atoms with E-state index < -0.39 is 0 Å². The Bertz CT molecular complexity index is 1230. The third-order valence-corrected chi connectivity index (χ3v) is 5.94. The molecule has 31 heavy (non-hydrogen) atoms. The van der Waals surface area contributed by atoms with Crippen molar-refractivity contribution in [2.24, 2.45) is 0 Å². The molecule has 0 bridgehead atoms. The Labute approximate surface area is 185 Å². The van der Waals surface area contributed by atoms with Crippen molar-refractivity contribution in [3.63, 3.8) is 0 Å². The second-order valence-electron chi connectivity index (χ2n) is 7.87. The van der Waals surface area contributed by atoms with Crippen LogP contribution < -0.4 is 10.5 Å². The fourth-order valence-electron chi connectivity index (χ4n) is 4.14. The fourth-order valence-corrected chi connectivity index (χ4v) is 4.36. The Balaban J connectivity index is 1.56. The Kier molecular flexibility index (Phi) is 5.21. The van der Waals surface area contributed by atoms with Gasteiger partial charge in [-0.3, -0.25) is 0 Å². The standard InChI is InChI=1S/C23H23ClN6O/c1-29-11-5-6-16(13-29)30-23-20(22(25)26-14-27-23)21(28-30)15-9-10-19(18(24)12-15)31-17-7-3-2-4-8-17/h2-4,7-10,12,14,16H,5-6,11,13H2,1H3,(H2,25,26,27). The second kappa shape index (κ2) is 8.17. The van der Waals surface area contributed by atoms with Gasteiger partial charge >= 0.3 is 0 Å². The molecule has 158 valence electrons. The lowest BCUT2D eigenvalue weighted by Gasteiger charge is -2.29. The molecule has 1 unspecified atom stereocenters. The number of benzene rings is 2. The molecule has 0 aliphatic carbocycles. The Morgan fingerprint density at radius 1 is 1.13 bits per heavy atom. The maximum absolute atomic E-state index is 6.57. The van der Waals surface area contributed by atoms with Gasteiger partial charge in [-0.15, -0.1) is 0 Å². The van der Waals surface area contributed by atoms with Gasteiger partial charge in [-0.1, -0.05) is 29.8 Å². The molecular formula is C23H23ClN6O. The van der Waals surface area contributed by atoms with Gasteiger partial charge in [0.2, 0.25) is 0 Å². The molecule has 3 heterocycles. The summed E-state index contributed by atoms with van der Waals surface area (Å²) in [5.74, 6) is 1.72. The molecule has 1 atom stereocenters. The van der Waals surface area contributed by atoms with Crippen molar-refractivity contribution >= 4 is 28.5 Å². The van der Waals surface area contributed by atoms with Gasteiger partial charge in [0.05, 0.1) is 16.5 Å². The minimum atomic E-state index is 0.237. The number of likely N-dealkylation sites (tertiary alicyclic amines) is 1. The number of para-hydroxylation sites is 1. The number of ether oxygens (including phenoxy) is 1. The van der Waals surface area contributed by atoms with Crippen molar-refractivity contribution in [1.29, 1.82) is 0 Å². The lowest BCUT2D eigenvalue weighted by atomic mass is 10.1. The molecule has 2 aromatic carbocycles. The molecule has 1 fully saturated rings.